The molecular formula is C16H23ClN2O. The van der Waals surface area contributed by atoms with Crippen LogP contribution in [0.25, 0.3) is 0 Å². The molecule has 0 bridgehead atoms. The third-order valence-corrected chi connectivity index (χ3v) is 4.81. The van der Waals surface area contributed by atoms with Crippen molar-refractivity contribution in [3.05, 3.63) is 34.3 Å². The minimum atomic E-state index is 0.324. The molecule has 0 radical (unpaired) electrons. The summed E-state index contributed by atoms with van der Waals surface area (Å²) in [6.45, 7) is 7.02. The molecule has 2 heterocycles. The molecule has 1 aromatic carbocycles. The standard InChI is InChI=1S/C16H23ClN2O/c1-12-4-5-13(7-16(12)17)8-18-9-15-10-19-6-2-3-14(19)11-20-15/h4-5,7,14-15,18H,2-3,6,8-11H2,1H3. The van der Waals surface area contributed by atoms with Gasteiger partial charge in [0.25, 0.3) is 0 Å². The number of hydrogen-bond donors (Lipinski definition) is 1. The van der Waals surface area contributed by atoms with Crippen LogP contribution >= 0.6 is 11.6 Å². The van der Waals surface area contributed by atoms with E-state index in [0.717, 1.165) is 36.8 Å². The van der Waals surface area contributed by atoms with Gasteiger partial charge in [-0.3, -0.25) is 4.90 Å². The Kier molecular flexibility index (Phi) is 4.61. The average molecular weight is 295 g/mol. The molecule has 20 heavy (non-hydrogen) atoms. The van der Waals surface area contributed by atoms with Crippen molar-refractivity contribution in [1.82, 2.24) is 10.2 Å². The van der Waals surface area contributed by atoms with Crippen molar-refractivity contribution in [2.75, 3.05) is 26.2 Å². The van der Waals surface area contributed by atoms with Gasteiger partial charge in [0.05, 0.1) is 12.7 Å². The molecule has 0 spiro atoms. The molecule has 2 unspecified atom stereocenters. The second-order valence-electron chi connectivity index (χ2n) is 5.96. The van der Waals surface area contributed by atoms with Crippen molar-refractivity contribution in [2.24, 2.45) is 0 Å². The minimum absolute atomic E-state index is 0.324. The van der Waals surface area contributed by atoms with E-state index in [-0.39, 0.29) is 0 Å². The van der Waals surface area contributed by atoms with Gasteiger partial charge < -0.3 is 10.1 Å². The highest BCUT2D eigenvalue weighted by Gasteiger charge is 2.31. The number of ether oxygens (including phenoxy) is 1. The maximum Gasteiger partial charge on any atom is 0.0827 e. The molecule has 0 aliphatic carbocycles. The molecule has 2 fully saturated rings. The van der Waals surface area contributed by atoms with E-state index in [1.165, 1.54) is 24.9 Å². The molecule has 4 heteroatoms. The molecule has 0 aromatic heterocycles. The molecule has 3 rings (SSSR count). The van der Waals surface area contributed by atoms with E-state index in [2.05, 4.69) is 22.3 Å². The fourth-order valence-corrected chi connectivity index (χ4v) is 3.34. The molecule has 1 aromatic rings. The smallest absolute Gasteiger partial charge is 0.0827 e. The first kappa shape index (κ1) is 14.3. The Bertz CT molecular complexity index is 466. The summed E-state index contributed by atoms with van der Waals surface area (Å²) in [6, 6.07) is 6.93. The van der Waals surface area contributed by atoms with Gasteiger partial charge in [-0.15, -0.1) is 0 Å². The van der Waals surface area contributed by atoms with Gasteiger partial charge in [-0.25, -0.2) is 0 Å². The molecule has 2 aliphatic heterocycles. The Morgan fingerprint density at radius 2 is 2.35 bits per heavy atom. The Morgan fingerprint density at radius 3 is 3.20 bits per heavy atom. The fraction of sp³-hybridized carbons (Fsp3) is 0.625. The van der Waals surface area contributed by atoms with E-state index in [9.17, 15) is 0 Å². The predicted molar refractivity (Wildman–Crippen MR) is 82.2 cm³/mol. The van der Waals surface area contributed by atoms with Crippen LogP contribution in [0.15, 0.2) is 18.2 Å². The Labute approximate surface area is 126 Å². The number of benzene rings is 1. The Hall–Kier alpha value is -0.610. The highest BCUT2D eigenvalue weighted by Crippen LogP contribution is 2.22. The summed E-state index contributed by atoms with van der Waals surface area (Å²) in [5.41, 5.74) is 2.36. The summed E-state index contributed by atoms with van der Waals surface area (Å²) in [4.78, 5) is 2.58. The van der Waals surface area contributed by atoms with Crippen LogP contribution in [-0.2, 0) is 11.3 Å². The number of nitrogens with one attached hydrogen (secondary N) is 1. The van der Waals surface area contributed by atoms with Gasteiger partial charge in [-0.2, -0.15) is 0 Å². The van der Waals surface area contributed by atoms with Crippen molar-refractivity contribution < 1.29 is 4.74 Å². The van der Waals surface area contributed by atoms with E-state index in [1.807, 2.05) is 13.0 Å². The fourth-order valence-electron chi connectivity index (χ4n) is 3.13. The van der Waals surface area contributed by atoms with Gasteiger partial charge in [0.2, 0.25) is 0 Å². The van der Waals surface area contributed by atoms with Crippen LogP contribution in [0, 0.1) is 6.92 Å². The Morgan fingerprint density at radius 1 is 1.45 bits per heavy atom. The summed E-state index contributed by atoms with van der Waals surface area (Å²) in [5, 5.41) is 4.33. The molecule has 2 aliphatic rings. The number of fused-ring (bicyclic) bond motifs is 1. The van der Waals surface area contributed by atoms with Gasteiger partial charge in [-0.1, -0.05) is 23.7 Å². The average Bonchev–Trinajstić information content (AvgIpc) is 2.90. The molecule has 2 saturated heterocycles. The van der Waals surface area contributed by atoms with Crippen LogP contribution < -0.4 is 5.32 Å². The summed E-state index contributed by atoms with van der Waals surface area (Å²) >= 11 is 6.14. The van der Waals surface area contributed by atoms with Gasteiger partial charge in [0.1, 0.15) is 0 Å². The molecule has 2 atom stereocenters. The minimum Gasteiger partial charge on any atom is -0.374 e. The molecular weight excluding hydrogens is 272 g/mol. The zero-order valence-electron chi connectivity index (χ0n) is 12.1. The molecule has 1 N–H and O–H groups in total. The van der Waals surface area contributed by atoms with Crippen molar-refractivity contribution in [3.63, 3.8) is 0 Å². The van der Waals surface area contributed by atoms with Gasteiger partial charge in [-0.05, 0) is 43.5 Å². The van der Waals surface area contributed by atoms with Crippen LogP contribution in [0.4, 0.5) is 0 Å². The first-order valence-electron chi connectivity index (χ1n) is 7.54. The summed E-state index contributed by atoms with van der Waals surface area (Å²) in [7, 11) is 0. The van der Waals surface area contributed by atoms with Crippen LogP contribution in [0.1, 0.15) is 24.0 Å². The van der Waals surface area contributed by atoms with Crippen molar-refractivity contribution >= 4 is 11.6 Å². The molecule has 3 nitrogen and oxygen atoms in total. The predicted octanol–water partition coefficient (Wildman–Crippen LogP) is 2.60. The quantitative estimate of drug-likeness (QED) is 0.924. The molecule has 110 valence electrons. The Balaban J connectivity index is 1.44. The number of halogens is 1. The number of hydrogen-bond acceptors (Lipinski definition) is 3. The summed E-state index contributed by atoms with van der Waals surface area (Å²) < 4.78 is 5.94. The number of morpholine rings is 1. The summed E-state index contributed by atoms with van der Waals surface area (Å²) in [6.07, 6.45) is 2.96. The normalized spacial score (nSPS) is 26.7. The molecule has 0 amide bonds. The van der Waals surface area contributed by atoms with Crippen LogP contribution in [-0.4, -0.2) is 43.3 Å². The first-order valence-corrected chi connectivity index (χ1v) is 7.91. The highest BCUT2D eigenvalue weighted by atomic mass is 35.5. The topological polar surface area (TPSA) is 24.5 Å². The van der Waals surface area contributed by atoms with Gasteiger partial charge in [0.15, 0.2) is 0 Å². The van der Waals surface area contributed by atoms with Gasteiger partial charge >= 0.3 is 0 Å². The highest BCUT2D eigenvalue weighted by molar-refractivity contribution is 6.31. The largest absolute Gasteiger partial charge is 0.374 e. The third-order valence-electron chi connectivity index (χ3n) is 4.40. The van der Waals surface area contributed by atoms with E-state index in [0.29, 0.717) is 12.1 Å². The van der Waals surface area contributed by atoms with Gasteiger partial charge in [0, 0.05) is 30.7 Å². The monoisotopic (exact) mass is 294 g/mol. The lowest BCUT2D eigenvalue weighted by Crippen LogP contribution is -2.49. The second-order valence-corrected chi connectivity index (χ2v) is 6.37. The lowest BCUT2D eigenvalue weighted by atomic mass is 10.1. The first-order chi connectivity index (χ1) is 9.72. The van der Waals surface area contributed by atoms with Crippen molar-refractivity contribution in [2.45, 2.75) is 38.5 Å². The SMILES string of the molecule is Cc1ccc(CNCC2CN3CCCC3CO2)cc1Cl. The number of nitrogens with zero attached hydrogens (tertiary/aromatic N) is 1. The maximum atomic E-state index is 6.14. The number of rotatable bonds is 4. The van der Waals surface area contributed by atoms with E-state index in [1.54, 1.807) is 0 Å². The van der Waals surface area contributed by atoms with Crippen molar-refractivity contribution in [3.8, 4) is 0 Å². The molecule has 0 saturated carbocycles. The van der Waals surface area contributed by atoms with Crippen LogP contribution in [0.3, 0.4) is 0 Å². The van der Waals surface area contributed by atoms with Crippen molar-refractivity contribution in [1.29, 1.82) is 0 Å². The lowest BCUT2D eigenvalue weighted by molar-refractivity contribution is -0.0470. The zero-order chi connectivity index (χ0) is 13.9. The second kappa shape index (κ2) is 6.44. The third kappa shape index (κ3) is 3.34. The zero-order valence-corrected chi connectivity index (χ0v) is 12.8. The van der Waals surface area contributed by atoms with E-state index in [4.69, 9.17) is 16.3 Å². The lowest BCUT2D eigenvalue weighted by Gasteiger charge is -2.35. The summed E-state index contributed by atoms with van der Waals surface area (Å²) in [5.74, 6) is 0. The number of aryl methyl sites for hydroxylation is 1. The van der Waals surface area contributed by atoms with Crippen LogP contribution in [0.5, 0.6) is 0 Å². The maximum absolute atomic E-state index is 6.14. The van der Waals surface area contributed by atoms with E-state index >= 15 is 0 Å². The van der Waals surface area contributed by atoms with E-state index < -0.39 is 0 Å². The van der Waals surface area contributed by atoms with Crippen LogP contribution in [0.2, 0.25) is 5.02 Å².